The summed E-state index contributed by atoms with van der Waals surface area (Å²) in [7, 11) is 0. The number of hydrogen-bond donors (Lipinski definition) is 4. The predicted octanol–water partition coefficient (Wildman–Crippen LogP) is 0.924. The van der Waals surface area contributed by atoms with Crippen LogP contribution in [0.25, 0.3) is 0 Å². The summed E-state index contributed by atoms with van der Waals surface area (Å²) in [6.07, 6.45) is 1.29. The Bertz CT molecular complexity index is 591. The third-order valence-electron chi connectivity index (χ3n) is 3.05. The van der Waals surface area contributed by atoms with E-state index in [1.54, 1.807) is 0 Å². The SMILES string of the molecule is O=C(Nc1ccc(F)c(C(=O)O)c1)NC1CCCNC1=O. The third-order valence-corrected chi connectivity index (χ3v) is 3.05. The van der Waals surface area contributed by atoms with E-state index in [2.05, 4.69) is 16.0 Å². The molecule has 1 aliphatic heterocycles. The van der Waals surface area contributed by atoms with Gasteiger partial charge in [0.1, 0.15) is 11.9 Å². The Labute approximate surface area is 119 Å². The van der Waals surface area contributed by atoms with Crippen molar-refractivity contribution in [2.24, 2.45) is 0 Å². The molecule has 0 radical (unpaired) electrons. The van der Waals surface area contributed by atoms with Crippen molar-refractivity contribution < 1.29 is 23.9 Å². The fourth-order valence-corrected chi connectivity index (χ4v) is 2.00. The van der Waals surface area contributed by atoms with Gasteiger partial charge in [0.15, 0.2) is 0 Å². The summed E-state index contributed by atoms with van der Waals surface area (Å²) in [5.74, 6) is -2.58. The minimum absolute atomic E-state index is 0.127. The van der Waals surface area contributed by atoms with E-state index in [4.69, 9.17) is 5.11 Å². The van der Waals surface area contributed by atoms with Gasteiger partial charge in [-0.05, 0) is 31.0 Å². The van der Waals surface area contributed by atoms with Crippen LogP contribution < -0.4 is 16.0 Å². The quantitative estimate of drug-likeness (QED) is 0.665. The number of carboxylic acids is 1. The van der Waals surface area contributed by atoms with Crippen LogP contribution >= 0.6 is 0 Å². The first-order valence-electron chi connectivity index (χ1n) is 6.35. The summed E-state index contributed by atoms with van der Waals surface area (Å²) in [5.41, 5.74) is -0.411. The monoisotopic (exact) mass is 295 g/mol. The number of hydrogen-bond acceptors (Lipinski definition) is 3. The van der Waals surface area contributed by atoms with Gasteiger partial charge in [-0.25, -0.2) is 14.0 Å². The maximum atomic E-state index is 13.2. The van der Waals surface area contributed by atoms with Gasteiger partial charge in [0.05, 0.1) is 5.56 Å². The van der Waals surface area contributed by atoms with Crippen LogP contribution in [-0.2, 0) is 4.79 Å². The highest BCUT2D eigenvalue weighted by Crippen LogP contribution is 2.15. The molecule has 1 unspecified atom stereocenters. The number of carbonyl (C=O) groups is 3. The minimum atomic E-state index is -1.43. The van der Waals surface area contributed by atoms with Gasteiger partial charge in [0, 0.05) is 12.2 Å². The zero-order valence-electron chi connectivity index (χ0n) is 11.0. The maximum Gasteiger partial charge on any atom is 0.338 e. The second-order valence-corrected chi connectivity index (χ2v) is 4.58. The molecule has 0 aliphatic carbocycles. The Morgan fingerprint density at radius 2 is 2.14 bits per heavy atom. The molecule has 21 heavy (non-hydrogen) atoms. The molecule has 1 aromatic carbocycles. The molecule has 0 spiro atoms. The topological polar surface area (TPSA) is 108 Å². The molecule has 1 atom stereocenters. The van der Waals surface area contributed by atoms with Crippen molar-refractivity contribution in [3.05, 3.63) is 29.6 Å². The molecule has 1 aliphatic rings. The van der Waals surface area contributed by atoms with Gasteiger partial charge < -0.3 is 21.1 Å². The van der Waals surface area contributed by atoms with E-state index in [-0.39, 0.29) is 11.6 Å². The van der Waals surface area contributed by atoms with E-state index in [1.807, 2.05) is 0 Å². The molecule has 4 N–H and O–H groups in total. The molecule has 0 saturated carbocycles. The zero-order chi connectivity index (χ0) is 15.4. The summed E-state index contributed by atoms with van der Waals surface area (Å²) in [5, 5.41) is 16.3. The van der Waals surface area contributed by atoms with Crippen molar-refractivity contribution in [2.75, 3.05) is 11.9 Å². The van der Waals surface area contributed by atoms with Gasteiger partial charge in [0.2, 0.25) is 5.91 Å². The molecular formula is C13H14FN3O4. The average molecular weight is 295 g/mol. The highest BCUT2D eigenvalue weighted by Gasteiger charge is 2.23. The lowest BCUT2D eigenvalue weighted by atomic mass is 10.1. The lowest BCUT2D eigenvalue weighted by molar-refractivity contribution is -0.124. The predicted molar refractivity (Wildman–Crippen MR) is 71.5 cm³/mol. The number of urea groups is 1. The van der Waals surface area contributed by atoms with Crippen LogP contribution in [0.5, 0.6) is 0 Å². The lowest BCUT2D eigenvalue weighted by Gasteiger charge is -2.22. The zero-order valence-corrected chi connectivity index (χ0v) is 11.0. The summed E-state index contributed by atoms with van der Waals surface area (Å²) < 4.78 is 13.2. The van der Waals surface area contributed by atoms with Crippen molar-refractivity contribution in [2.45, 2.75) is 18.9 Å². The number of carboxylic acid groups (broad SMARTS) is 1. The summed E-state index contributed by atoms with van der Waals surface area (Å²) in [4.78, 5) is 34.0. The first-order valence-corrected chi connectivity index (χ1v) is 6.35. The van der Waals surface area contributed by atoms with Crippen molar-refractivity contribution in [3.63, 3.8) is 0 Å². The van der Waals surface area contributed by atoms with E-state index >= 15 is 0 Å². The minimum Gasteiger partial charge on any atom is -0.478 e. The Morgan fingerprint density at radius 1 is 1.38 bits per heavy atom. The van der Waals surface area contributed by atoms with Gasteiger partial charge in [-0.1, -0.05) is 0 Å². The van der Waals surface area contributed by atoms with Gasteiger partial charge in [-0.15, -0.1) is 0 Å². The standard InChI is InChI=1S/C13H14FN3O4/c14-9-4-3-7(6-8(9)12(19)20)16-13(21)17-10-2-1-5-15-11(10)18/h3-4,6,10H,1-2,5H2,(H,15,18)(H,19,20)(H2,16,17,21). The van der Waals surface area contributed by atoms with Crippen LogP contribution in [0.4, 0.5) is 14.9 Å². The maximum absolute atomic E-state index is 13.2. The normalized spacial score (nSPS) is 17.8. The number of amides is 3. The van der Waals surface area contributed by atoms with Crippen molar-refractivity contribution >= 4 is 23.6 Å². The van der Waals surface area contributed by atoms with Crippen LogP contribution in [0.15, 0.2) is 18.2 Å². The first-order chi connectivity index (χ1) is 9.97. The van der Waals surface area contributed by atoms with Gasteiger partial charge in [-0.3, -0.25) is 4.79 Å². The number of anilines is 1. The molecule has 1 heterocycles. The number of nitrogens with one attached hydrogen (secondary N) is 3. The molecular weight excluding hydrogens is 281 g/mol. The number of rotatable bonds is 3. The van der Waals surface area contributed by atoms with Crippen LogP contribution in [-0.4, -0.2) is 35.6 Å². The second kappa shape index (κ2) is 6.21. The van der Waals surface area contributed by atoms with Crippen LogP contribution in [0, 0.1) is 5.82 Å². The molecule has 112 valence electrons. The lowest BCUT2D eigenvalue weighted by Crippen LogP contribution is -2.51. The molecule has 7 nitrogen and oxygen atoms in total. The number of carbonyl (C=O) groups excluding carboxylic acids is 2. The molecule has 1 saturated heterocycles. The molecule has 3 amide bonds. The number of halogens is 1. The summed E-state index contributed by atoms with van der Waals surface area (Å²) >= 11 is 0. The molecule has 0 bridgehead atoms. The highest BCUT2D eigenvalue weighted by atomic mass is 19.1. The largest absolute Gasteiger partial charge is 0.478 e. The van der Waals surface area contributed by atoms with Gasteiger partial charge in [-0.2, -0.15) is 0 Å². The van der Waals surface area contributed by atoms with E-state index in [1.165, 1.54) is 6.07 Å². The average Bonchev–Trinajstić information content (AvgIpc) is 2.43. The Hall–Kier alpha value is -2.64. The fourth-order valence-electron chi connectivity index (χ4n) is 2.00. The molecule has 0 aromatic heterocycles. The first kappa shape index (κ1) is 14.8. The molecule has 8 heteroatoms. The van der Waals surface area contributed by atoms with E-state index in [9.17, 15) is 18.8 Å². The summed E-state index contributed by atoms with van der Waals surface area (Å²) in [6.45, 7) is 0.582. The van der Waals surface area contributed by atoms with E-state index < -0.39 is 29.4 Å². The molecule has 1 fully saturated rings. The van der Waals surface area contributed by atoms with Crippen molar-refractivity contribution in [1.29, 1.82) is 0 Å². The van der Waals surface area contributed by atoms with Crippen molar-refractivity contribution in [3.8, 4) is 0 Å². The van der Waals surface area contributed by atoms with E-state index in [0.717, 1.165) is 18.6 Å². The number of benzene rings is 1. The van der Waals surface area contributed by atoms with Crippen LogP contribution in [0.1, 0.15) is 23.2 Å². The van der Waals surface area contributed by atoms with Gasteiger partial charge in [0.25, 0.3) is 0 Å². The number of piperidine rings is 1. The summed E-state index contributed by atoms with van der Waals surface area (Å²) in [6, 6.07) is 1.92. The number of aromatic carboxylic acids is 1. The smallest absolute Gasteiger partial charge is 0.338 e. The fraction of sp³-hybridized carbons (Fsp3) is 0.308. The van der Waals surface area contributed by atoms with Crippen molar-refractivity contribution in [1.82, 2.24) is 10.6 Å². The molecule has 2 rings (SSSR count). The van der Waals surface area contributed by atoms with E-state index in [0.29, 0.717) is 13.0 Å². The van der Waals surface area contributed by atoms with Crippen LogP contribution in [0.2, 0.25) is 0 Å². The Morgan fingerprint density at radius 3 is 2.81 bits per heavy atom. The third kappa shape index (κ3) is 3.68. The van der Waals surface area contributed by atoms with Crippen LogP contribution in [0.3, 0.4) is 0 Å². The second-order valence-electron chi connectivity index (χ2n) is 4.58. The highest BCUT2D eigenvalue weighted by molar-refractivity contribution is 5.95. The Balaban J connectivity index is 2.01. The molecule has 1 aromatic rings. The van der Waals surface area contributed by atoms with Gasteiger partial charge >= 0.3 is 12.0 Å². The Kier molecular flexibility index (Phi) is 4.36.